The Bertz CT molecular complexity index is 1030. The van der Waals surface area contributed by atoms with Crippen molar-refractivity contribution in [3.63, 3.8) is 0 Å². The number of carbonyl (C=O) groups excluding carboxylic acids is 3. The van der Waals surface area contributed by atoms with Crippen molar-refractivity contribution in [2.45, 2.75) is 12.6 Å². The molecule has 0 saturated heterocycles. The molecule has 176 valence electrons. The third-order valence-electron chi connectivity index (χ3n) is 4.09. The van der Waals surface area contributed by atoms with E-state index in [2.05, 4.69) is 58.1 Å². The largest absolute Gasteiger partial charge is 0.394 e. The average Bonchev–Trinajstić information content (AvgIpc) is 2.77. The highest BCUT2D eigenvalue weighted by Gasteiger charge is 2.20. The fourth-order valence-corrected chi connectivity index (χ4v) is 3.64. The third kappa shape index (κ3) is 9.08. The van der Waals surface area contributed by atoms with Crippen LogP contribution >= 0.6 is 31.9 Å². The van der Waals surface area contributed by atoms with Crippen LogP contribution in [0.25, 0.3) is 0 Å². The SMILES string of the molecule is NC(N)=Nc1ccc(CNC(=O)CNC(=O)C(CO)NC(=O)Nc2ccc(Br)cc2Br)cc1. The number of carbonyl (C=O) groups is 3. The molecule has 11 nitrogen and oxygen atoms in total. The molecule has 0 bridgehead atoms. The number of nitrogens with zero attached hydrogens (tertiary/aromatic N) is 1. The van der Waals surface area contributed by atoms with Crippen LogP contribution in [-0.2, 0) is 16.1 Å². The van der Waals surface area contributed by atoms with Gasteiger partial charge in [-0.1, -0.05) is 28.1 Å². The number of anilines is 1. The van der Waals surface area contributed by atoms with Crippen LogP contribution in [-0.4, -0.2) is 48.1 Å². The third-order valence-corrected chi connectivity index (χ3v) is 5.24. The van der Waals surface area contributed by atoms with Crippen molar-refractivity contribution in [1.82, 2.24) is 16.0 Å². The van der Waals surface area contributed by atoms with E-state index in [-0.39, 0.29) is 19.0 Å². The molecule has 0 aliphatic carbocycles. The highest BCUT2D eigenvalue weighted by atomic mass is 79.9. The second-order valence-corrected chi connectivity index (χ2v) is 8.43. The van der Waals surface area contributed by atoms with Crippen molar-refractivity contribution >= 4 is 67.0 Å². The topological polar surface area (TPSA) is 184 Å². The van der Waals surface area contributed by atoms with Crippen molar-refractivity contribution in [1.29, 1.82) is 0 Å². The maximum absolute atomic E-state index is 12.2. The Hall–Kier alpha value is -3.16. The van der Waals surface area contributed by atoms with Crippen LogP contribution in [0.15, 0.2) is 56.4 Å². The highest BCUT2D eigenvalue weighted by molar-refractivity contribution is 9.11. The van der Waals surface area contributed by atoms with Gasteiger partial charge < -0.3 is 37.8 Å². The first-order valence-electron chi connectivity index (χ1n) is 9.54. The Balaban J connectivity index is 1.78. The predicted molar refractivity (Wildman–Crippen MR) is 132 cm³/mol. The number of hydrogen-bond donors (Lipinski definition) is 7. The molecule has 0 aliphatic heterocycles. The number of rotatable bonds is 9. The molecule has 0 aliphatic rings. The van der Waals surface area contributed by atoms with Crippen molar-refractivity contribution in [3.8, 4) is 0 Å². The van der Waals surface area contributed by atoms with Crippen LogP contribution in [0, 0.1) is 0 Å². The summed E-state index contributed by atoms with van der Waals surface area (Å²) in [4.78, 5) is 40.3. The minimum absolute atomic E-state index is 0.0545. The molecule has 0 radical (unpaired) electrons. The number of nitrogens with one attached hydrogen (secondary N) is 4. The standard InChI is InChI=1S/C20H23Br2N7O4/c21-12-3-6-15(14(22)7-12)28-20(33)29-16(10-30)18(32)26-9-17(31)25-8-11-1-4-13(5-2-11)27-19(23)24/h1-7,16,30H,8-10H2,(H,25,31)(H,26,32)(H4,23,24,27)(H2,28,29,33). The first-order valence-corrected chi connectivity index (χ1v) is 11.1. The summed E-state index contributed by atoms with van der Waals surface area (Å²) < 4.78 is 1.44. The number of nitrogens with two attached hydrogens (primary N) is 2. The number of benzene rings is 2. The summed E-state index contributed by atoms with van der Waals surface area (Å²) in [5.41, 5.74) is 12.5. The zero-order valence-electron chi connectivity index (χ0n) is 17.3. The van der Waals surface area contributed by atoms with Gasteiger partial charge in [0.05, 0.1) is 24.5 Å². The molecule has 0 spiro atoms. The average molecular weight is 585 g/mol. The zero-order chi connectivity index (χ0) is 24.4. The van der Waals surface area contributed by atoms with Gasteiger partial charge in [-0.2, -0.15) is 0 Å². The van der Waals surface area contributed by atoms with E-state index in [1.54, 1.807) is 42.5 Å². The van der Waals surface area contributed by atoms with Crippen molar-refractivity contribution < 1.29 is 19.5 Å². The Morgan fingerprint density at radius 1 is 1.03 bits per heavy atom. The first kappa shape index (κ1) is 26.1. The summed E-state index contributed by atoms with van der Waals surface area (Å²) in [6, 6.07) is 10.1. The van der Waals surface area contributed by atoms with Gasteiger partial charge in [-0.15, -0.1) is 0 Å². The molecule has 2 aromatic carbocycles. The molecule has 1 atom stereocenters. The summed E-state index contributed by atoms with van der Waals surface area (Å²) in [6.07, 6.45) is 0. The van der Waals surface area contributed by atoms with Gasteiger partial charge in [-0.25, -0.2) is 9.79 Å². The van der Waals surface area contributed by atoms with E-state index in [9.17, 15) is 19.5 Å². The molecule has 0 saturated carbocycles. The summed E-state index contributed by atoms with van der Waals surface area (Å²) in [5, 5.41) is 19.4. The maximum Gasteiger partial charge on any atom is 0.320 e. The van der Waals surface area contributed by atoms with Gasteiger partial charge in [-0.05, 0) is 51.8 Å². The first-order chi connectivity index (χ1) is 15.7. The van der Waals surface area contributed by atoms with Gasteiger partial charge in [0.15, 0.2) is 5.96 Å². The van der Waals surface area contributed by atoms with E-state index in [0.29, 0.717) is 15.8 Å². The van der Waals surface area contributed by atoms with E-state index in [0.717, 1.165) is 10.0 Å². The molecule has 0 fully saturated rings. The van der Waals surface area contributed by atoms with E-state index < -0.39 is 30.5 Å². The van der Waals surface area contributed by atoms with Crippen LogP contribution in [0.1, 0.15) is 5.56 Å². The lowest BCUT2D eigenvalue weighted by molar-refractivity contribution is -0.127. The Kier molecular flexibility index (Phi) is 10.1. The number of aliphatic hydroxyl groups is 1. The quantitative estimate of drug-likeness (QED) is 0.170. The minimum atomic E-state index is -1.24. The number of aliphatic imine (C=N–C) groups is 1. The summed E-state index contributed by atoms with van der Waals surface area (Å²) in [5.74, 6) is -1.21. The molecular weight excluding hydrogens is 562 g/mol. The normalized spacial score (nSPS) is 11.1. The summed E-state index contributed by atoms with van der Waals surface area (Å²) in [6.45, 7) is -0.754. The monoisotopic (exact) mass is 583 g/mol. The number of urea groups is 1. The zero-order valence-corrected chi connectivity index (χ0v) is 20.4. The van der Waals surface area contributed by atoms with Crippen molar-refractivity contribution in [2.24, 2.45) is 16.5 Å². The van der Waals surface area contributed by atoms with Gasteiger partial charge in [0.2, 0.25) is 11.8 Å². The van der Waals surface area contributed by atoms with Crippen LogP contribution in [0.5, 0.6) is 0 Å². The molecule has 0 heterocycles. The number of aliphatic hydroxyl groups excluding tert-OH is 1. The van der Waals surface area contributed by atoms with Crippen molar-refractivity contribution in [2.75, 3.05) is 18.5 Å². The Morgan fingerprint density at radius 3 is 2.33 bits per heavy atom. The van der Waals surface area contributed by atoms with E-state index >= 15 is 0 Å². The molecular formula is C20H23Br2N7O4. The van der Waals surface area contributed by atoms with Crippen LogP contribution < -0.4 is 32.7 Å². The van der Waals surface area contributed by atoms with E-state index in [4.69, 9.17) is 11.5 Å². The second kappa shape index (κ2) is 12.8. The number of amides is 4. The van der Waals surface area contributed by atoms with E-state index in [1.807, 2.05) is 0 Å². The van der Waals surface area contributed by atoms with Gasteiger partial charge in [-0.3, -0.25) is 9.59 Å². The van der Waals surface area contributed by atoms with Crippen LogP contribution in [0.3, 0.4) is 0 Å². The molecule has 2 rings (SSSR count). The molecule has 13 heteroatoms. The second-order valence-electron chi connectivity index (χ2n) is 6.66. The van der Waals surface area contributed by atoms with E-state index in [1.165, 1.54) is 0 Å². The van der Waals surface area contributed by atoms with Crippen LogP contribution in [0.4, 0.5) is 16.2 Å². The summed E-state index contributed by atoms with van der Waals surface area (Å²) in [7, 11) is 0. The smallest absolute Gasteiger partial charge is 0.320 e. The molecule has 9 N–H and O–H groups in total. The minimum Gasteiger partial charge on any atom is -0.394 e. The number of guanidine groups is 1. The molecule has 4 amide bonds. The number of halogens is 2. The molecule has 2 aromatic rings. The Morgan fingerprint density at radius 2 is 1.73 bits per heavy atom. The lowest BCUT2D eigenvalue weighted by atomic mass is 10.2. The summed E-state index contributed by atoms with van der Waals surface area (Å²) >= 11 is 6.62. The Labute approximate surface area is 206 Å². The molecule has 0 aromatic heterocycles. The lowest BCUT2D eigenvalue weighted by Gasteiger charge is -2.17. The van der Waals surface area contributed by atoms with Gasteiger partial charge >= 0.3 is 6.03 Å². The van der Waals surface area contributed by atoms with Gasteiger partial charge in [0, 0.05) is 15.5 Å². The predicted octanol–water partition coefficient (Wildman–Crippen LogP) is 1.03. The van der Waals surface area contributed by atoms with Gasteiger partial charge in [0.25, 0.3) is 0 Å². The fourth-order valence-electron chi connectivity index (χ4n) is 2.49. The molecule has 1 unspecified atom stereocenters. The maximum atomic E-state index is 12.2. The van der Waals surface area contributed by atoms with Crippen LogP contribution in [0.2, 0.25) is 0 Å². The fraction of sp³-hybridized carbons (Fsp3) is 0.200. The van der Waals surface area contributed by atoms with Crippen molar-refractivity contribution in [3.05, 3.63) is 57.0 Å². The molecule has 33 heavy (non-hydrogen) atoms. The number of hydrogen-bond acceptors (Lipinski definition) is 5. The lowest BCUT2D eigenvalue weighted by Crippen LogP contribution is -2.51. The van der Waals surface area contributed by atoms with Gasteiger partial charge in [0.1, 0.15) is 6.04 Å². The highest BCUT2D eigenvalue weighted by Crippen LogP contribution is 2.26.